The number of carbonyl (C=O) groups excluding carboxylic acids is 1. The Bertz CT molecular complexity index is 1850. The van der Waals surface area contributed by atoms with Crippen molar-refractivity contribution >= 4 is 5.91 Å². The van der Waals surface area contributed by atoms with Crippen LogP contribution < -0.4 is 10.3 Å². The SMILES string of the molecule is O=C([C@H](O)c1cccc(-c2ccc(OCc3ccccc3)cc2)c1)N1CCc2nc(C3(c4ccccc4)CC3)[nH]c(=O)c2C1. The molecule has 4 aromatic carbocycles. The largest absolute Gasteiger partial charge is 0.489 e. The summed E-state index contributed by atoms with van der Waals surface area (Å²) in [5.41, 5.74) is 5.38. The van der Waals surface area contributed by atoms with E-state index in [0.29, 0.717) is 36.5 Å². The van der Waals surface area contributed by atoms with E-state index in [0.717, 1.165) is 46.5 Å². The molecule has 2 aliphatic rings. The number of ether oxygens (including phenoxy) is 1. The van der Waals surface area contributed by atoms with Gasteiger partial charge < -0.3 is 19.7 Å². The van der Waals surface area contributed by atoms with Gasteiger partial charge in [-0.25, -0.2) is 4.98 Å². The Morgan fingerprint density at radius 2 is 1.64 bits per heavy atom. The lowest BCUT2D eigenvalue weighted by Crippen LogP contribution is -2.42. The van der Waals surface area contributed by atoms with Crippen LogP contribution in [0.15, 0.2) is 114 Å². The highest BCUT2D eigenvalue weighted by Gasteiger charge is 2.48. The Morgan fingerprint density at radius 1 is 0.909 bits per heavy atom. The van der Waals surface area contributed by atoms with Crippen molar-refractivity contribution in [3.8, 4) is 16.9 Å². The number of fused-ring (bicyclic) bond motifs is 1. The van der Waals surface area contributed by atoms with Gasteiger partial charge >= 0.3 is 0 Å². The van der Waals surface area contributed by atoms with E-state index >= 15 is 0 Å². The van der Waals surface area contributed by atoms with Crippen LogP contribution in [0.2, 0.25) is 0 Å². The Balaban J connectivity index is 1.04. The number of aliphatic hydroxyl groups is 1. The highest BCUT2D eigenvalue weighted by molar-refractivity contribution is 5.83. The smallest absolute Gasteiger partial charge is 0.256 e. The molecule has 44 heavy (non-hydrogen) atoms. The molecule has 0 saturated heterocycles. The van der Waals surface area contributed by atoms with E-state index < -0.39 is 12.0 Å². The highest BCUT2D eigenvalue weighted by atomic mass is 16.5. The molecule has 2 N–H and O–H groups in total. The molecule has 1 aliphatic heterocycles. The van der Waals surface area contributed by atoms with Gasteiger partial charge in [0.1, 0.15) is 18.2 Å². The van der Waals surface area contributed by atoms with Crippen LogP contribution in [0.5, 0.6) is 5.75 Å². The zero-order chi connectivity index (χ0) is 30.1. The second-order valence-corrected chi connectivity index (χ2v) is 11.6. The molecular formula is C37H33N3O4. The zero-order valence-corrected chi connectivity index (χ0v) is 24.3. The van der Waals surface area contributed by atoms with E-state index in [-0.39, 0.29) is 17.5 Å². The topological polar surface area (TPSA) is 95.5 Å². The quantitative estimate of drug-likeness (QED) is 0.244. The molecule has 0 radical (unpaired) electrons. The van der Waals surface area contributed by atoms with Crippen LogP contribution in [-0.2, 0) is 29.8 Å². The number of rotatable bonds is 8. The van der Waals surface area contributed by atoms with Crippen molar-refractivity contribution in [3.63, 3.8) is 0 Å². The Hall–Kier alpha value is -5.01. The molecule has 7 heteroatoms. The van der Waals surface area contributed by atoms with Crippen molar-refractivity contribution in [1.29, 1.82) is 0 Å². The van der Waals surface area contributed by atoms with Crippen molar-refractivity contribution in [2.45, 2.75) is 43.9 Å². The molecule has 7 rings (SSSR count). The summed E-state index contributed by atoms with van der Waals surface area (Å²) in [6.07, 6.45) is 1.01. The summed E-state index contributed by atoms with van der Waals surface area (Å²) in [6.45, 7) is 1.00. The van der Waals surface area contributed by atoms with E-state index in [1.165, 1.54) is 0 Å². The maximum Gasteiger partial charge on any atom is 0.256 e. The van der Waals surface area contributed by atoms with Crippen molar-refractivity contribution < 1.29 is 14.6 Å². The number of amides is 1. The monoisotopic (exact) mass is 583 g/mol. The highest BCUT2D eigenvalue weighted by Crippen LogP contribution is 2.52. The minimum Gasteiger partial charge on any atom is -0.489 e. The number of nitrogens with one attached hydrogen (secondary N) is 1. The minimum atomic E-state index is -1.34. The first-order valence-corrected chi connectivity index (χ1v) is 15.0. The molecule has 0 bridgehead atoms. The third-order valence-electron chi connectivity index (χ3n) is 8.78. The molecule has 2 heterocycles. The van der Waals surface area contributed by atoms with Gasteiger partial charge in [0.05, 0.1) is 23.2 Å². The van der Waals surface area contributed by atoms with E-state index in [2.05, 4.69) is 17.1 Å². The lowest BCUT2D eigenvalue weighted by atomic mass is 9.94. The minimum absolute atomic E-state index is 0.121. The fourth-order valence-corrected chi connectivity index (χ4v) is 6.07. The van der Waals surface area contributed by atoms with E-state index in [1.54, 1.807) is 11.0 Å². The van der Waals surface area contributed by atoms with Crippen LogP contribution in [0.3, 0.4) is 0 Å². The molecular weight excluding hydrogens is 550 g/mol. The van der Waals surface area contributed by atoms with E-state index in [1.807, 2.05) is 91.0 Å². The fraction of sp³-hybridized carbons (Fsp3) is 0.216. The predicted molar refractivity (Wildman–Crippen MR) is 168 cm³/mol. The van der Waals surface area contributed by atoms with Gasteiger partial charge in [0, 0.05) is 13.0 Å². The van der Waals surface area contributed by atoms with Gasteiger partial charge in [-0.3, -0.25) is 9.59 Å². The number of hydrogen-bond acceptors (Lipinski definition) is 5. The number of hydrogen-bond donors (Lipinski definition) is 2. The fourth-order valence-electron chi connectivity index (χ4n) is 6.07. The van der Waals surface area contributed by atoms with Gasteiger partial charge in [-0.15, -0.1) is 0 Å². The molecule has 1 aliphatic carbocycles. The average Bonchev–Trinajstić information content (AvgIpc) is 3.90. The first-order valence-electron chi connectivity index (χ1n) is 15.0. The molecule has 1 amide bonds. The lowest BCUT2D eigenvalue weighted by Gasteiger charge is -2.30. The van der Waals surface area contributed by atoms with Gasteiger partial charge in [0.15, 0.2) is 6.10 Å². The van der Waals surface area contributed by atoms with Crippen LogP contribution in [0.1, 0.15) is 52.7 Å². The standard InChI is InChI=1S/C37H33N3O4/c41-33(28-11-7-10-27(22-28)26-14-16-30(17-15-26)44-24-25-8-3-1-4-9-25)35(43)40-21-18-32-31(23-40)34(42)39-36(38-32)37(19-20-37)29-12-5-2-6-13-29/h1-17,22,33,41H,18-21,23-24H2,(H,38,39,42)/t33-/m1/s1. The number of H-pyrrole nitrogens is 1. The van der Waals surface area contributed by atoms with Crippen molar-refractivity contribution in [2.24, 2.45) is 0 Å². The first-order chi connectivity index (χ1) is 21.5. The first kappa shape index (κ1) is 27.8. The van der Waals surface area contributed by atoms with Crippen molar-refractivity contribution in [2.75, 3.05) is 6.54 Å². The Morgan fingerprint density at radius 3 is 2.36 bits per heavy atom. The third-order valence-corrected chi connectivity index (χ3v) is 8.78. The summed E-state index contributed by atoms with van der Waals surface area (Å²) in [5.74, 6) is 1.04. The number of nitrogens with zero attached hydrogens (tertiary/aromatic N) is 2. The molecule has 220 valence electrons. The zero-order valence-electron chi connectivity index (χ0n) is 24.3. The molecule has 1 saturated carbocycles. The summed E-state index contributed by atoms with van der Waals surface area (Å²) in [5, 5.41) is 11.1. The van der Waals surface area contributed by atoms with E-state index in [9.17, 15) is 14.7 Å². The molecule has 5 aromatic rings. The predicted octanol–water partition coefficient (Wildman–Crippen LogP) is 5.71. The summed E-state index contributed by atoms with van der Waals surface area (Å²) in [7, 11) is 0. The van der Waals surface area contributed by atoms with Crippen LogP contribution in [-0.4, -0.2) is 32.4 Å². The second kappa shape index (κ2) is 11.6. The van der Waals surface area contributed by atoms with Gasteiger partial charge in [0.25, 0.3) is 11.5 Å². The molecule has 0 unspecified atom stereocenters. The number of carbonyl (C=O) groups is 1. The number of aliphatic hydroxyl groups excluding tert-OH is 1. The molecule has 7 nitrogen and oxygen atoms in total. The van der Waals surface area contributed by atoms with Crippen molar-refractivity contribution in [1.82, 2.24) is 14.9 Å². The van der Waals surface area contributed by atoms with Gasteiger partial charge in [-0.2, -0.15) is 0 Å². The number of aromatic nitrogens is 2. The molecule has 1 aromatic heterocycles. The Kier molecular flexibility index (Phi) is 7.32. The van der Waals surface area contributed by atoms with Crippen LogP contribution in [0.25, 0.3) is 11.1 Å². The number of aromatic amines is 1. The van der Waals surface area contributed by atoms with Gasteiger partial charge in [-0.05, 0) is 58.9 Å². The Labute approximate surface area is 255 Å². The van der Waals surface area contributed by atoms with Crippen LogP contribution >= 0.6 is 0 Å². The molecule has 0 spiro atoms. The van der Waals surface area contributed by atoms with Crippen molar-refractivity contribution in [3.05, 3.63) is 153 Å². The van der Waals surface area contributed by atoms with Gasteiger partial charge in [-0.1, -0.05) is 91.0 Å². The summed E-state index contributed by atoms with van der Waals surface area (Å²) in [6, 6.07) is 35.3. The van der Waals surface area contributed by atoms with E-state index in [4.69, 9.17) is 9.72 Å². The summed E-state index contributed by atoms with van der Waals surface area (Å²) in [4.78, 5) is 36.2. The maximum absolute atomic E-state index is 13.4. The van der Waals surface area contributed by atoms with Gasteiger partial charge in [0.2, 0.25) is 0 Å². The summed E-state index contributed by atoms with van der Waals surface area (Å²) < 4.78 is 5.90. The lowest BCUT2D eigenvalue weighted by molar-refractivity contribution is -0.141. The second-order valence-electron chi connectivity index (χ2n) is 11.6. The molecule has 1 atom stereocenters. The number of benzene rings is 4. The van der Waals surface area contributed by atoms with Crippen LogP contribution in [0.4, 0.5) is 0 Å². The summed E-state index contributed by atoms with van der Waals surface area (Å²) >= 11 is 0. The molecule has 1 fully saturated rings. The third kappa shape index (κ3) is 5.42. The average molecular weight is 584 g/mol. The normalized spacial score (nSPS) is 15.7. The maximum atomic E-state index is 13.4. The van der Waals surface area contributed by atoms with Crippen LogP contribution in [0, 0.1) is 0 Å².